The molecular weight excluding hydrogens is 156 g/mol. The fraction of sp³-hybridized carbons (Fsp3) is 0.375. The van der Waals surface area contributed by atoms with E-state index in [1.54, 1.807) is 23.7 Å². The predicted molar refractivity (Wildman–Crippen MR) is 45.1 cm³/mol. The molecule has 0 amide bonds. The summed E-state index contributed by atoms with van der Waals surface area (Å²) < 4.78 is 1.67. The van der Waals surface area contributed by atoms with Gasteiger partial charge in [-0.3, -0.25) is 0 Å². The molecule has 0 radical (unpaired) electrons. The second-order valence-electron chi connectivity index (χ2n) is 2.60. The molecule has 1 aromatic rings. The van der Waals surface area contributed by atoms with E-state index in [0.29, 0.717) is 12.2 Å². The molecule has 4 nitrogen and oxygen atoms in total. The fourth-order valence-electron chi connectivity index (χ4n) is 1.13. The first kappa shape index (κ1) is 8.80. The van der Waals surface area contributed by atoms with Crippen LogP contribution in [0.5, 0.6) is 0 Å². The van der Waals surface area contributed by atoms with Crippen LogP contribution in [0, 0.1) is 0 Å². The van der Waals surface area contributed by atoms with E-state index < -0.39 is 5.97 Å². The highest BCUT2D eigenvalue weighted by atomic mass is 16.4. The predicted octanol–water partition coefficient (Wildman–Crippen LogP) is 0.443. The number of nitrogens with zero attached hydrogens (tertiary/aromatic N) is 1. The summed E-state index contributed by atoms with van der Waals surface area (Å²) in [6.07, 6.45) is 0. The highest BCUT2D eigenvalue weighted by Gasteiger charge is 2.09. The van der Waals surface area contributed by atoms with Gasteiger partial charge in [0.25, 0.3) is 0 Å². The number of hydrogen-bond donors (Lipinski definition) is 2. The number of carboxylic acid groups (broad SMARTS) is 1. The van der Waals surface area contributed by atoms with E-state index in [1.807, 2.05) is 7.05 Å². The summed E-state index contributed by atoms with van der Waals surface area (Å²) in [5, 5.41) is 11.7. The molecule has 2 N–H and O–H groups in total. The second-order valence-corrected chi connectivity index (χ2v) is 2.60. The van der Waals surface area contributed by atoms with E-state index in [2.05, 4.69) is 5.32 Å². The Labute approximate surface area is 70.8 Å². The smallest absolute Gasteiger partial charge is 0.352 e. The molecule has 0 aromatic carbocycles. The lowest BCUT2D eigenvalue weighted by molar-refractivity contribution is 0.0686. The van der Waals surface area contributed by atoms with Gasteiger partial charge < -0.3 is 15.0 Å². The van der Waals surface area contributed by atoms with Gasteiger partial charge in [0.2, 0.25) is 0 Å². The van der Waals surface area contributed by atoms with Crippen molar-refractivity contribution >= 4 is 5.97 Å². The highest BCUT2D eigenvalue weighted by Crippen LogP contribution is 2.06. The zero-order chi connectivity index (χ0) is 9.14. The van der Waals surface area contributed by atoms with Crippen LogP contribution in [-0.2, 0) is 13.6 Å². The summed E-state index contributed by atoms with van der Waals surface area (Å²) in [5.74, 6) is -0.889. The molecule has 1 aromatic heterocycles. The van der Waals surface area contributed by atoms with Crippen molar-refractivity contribution in [2.75, 3.05) is 7.05 Å². The first-order valence-corrected chi connectivity index (χ1v) is 3.69. The fourth-order valence-corrected chi connectivity index (χ4v) is 1.13. The third-order valence-corrected chi connectivity index (χ3v) is 1.80. The Balaban J connectivity index is 2.96. The van der Waals surface area contributed by atoms with Crippen LogP contribution in [-0.4, -0.2) is 22.7 Å². The summed E-state index contributed by atoms with van der Waals surface area (Å²) in [6, 6.07) is 3.41. The summed E-state index contributed by atoms with van der Waals surface area (Å²) in [7, 11) is 3.57. The van der Waals surface area contributed by atoms with Gasteiger partial charge in [-0.05, 0) is 19.2 Å². The molecule has 0 bridgehead atoms. The maximum Gasteiger partial charge on any atom is 0.352 e. The Morgan fingerprint density at radius 1 is 1.67 bits per heavy atom. The quantitative estimate of drug-likeness (QED) is 0.688. The summed E-state index contributed by atoms with van der Waals surface area (Å²) >= 11 is 0. The van der Waals surface area contributed by atoms with E-state index in [9.17, 15) is 4.79 Å². The van der Waals surface area contributed by atoms with Crippen molar-refractivity contribution < 1.29 is 9.90 Å². The molecule has 12 heavy (non-hydrogen) atoms. The summed E-state index contributed by atoms with van der Waals surface area (Å²) in [5.41, 5.74) is 1.29. The largest absolute Gasteiger partial charge is 0.477 e. The van der Waals surface area contributed by atoms with E-state index in [0.717, 1.165) is 5.69 Å². The molecule has 4 heteroatoms. The highest BCUT2D eigenvalue weighted by molar-refractivity contribution is 5.86. The normalized spacial score (nSPS) is 10.2. The van der Waals surface area contributed by atoms with Crippen LogP contribution in [0.1, 0.15) is 16.2 Å². The van der Waals surface area contributed by atoms with Gasteiger partial charge in [-0.25, -0.2) is 4.79 Å². The van der Waals surface area contributed by atoms with Crippen LogP contribution < -0.4 is 5.32 Å². The van der Waals surface area contributed by atoms with Crippen molar-refractivity contribution in [3.05, 3.63) is 23.5 Å². The third-order valence-electron chi connectivity index (χ3n) is 1.80. The average molecular weight is 168 g/mol. The Morgan fingerprint density at radius 3 is 2.75 bits per heavy atom. The van der Waals surface area contributed by atoms with Crippen LogP contribution in [0.4, 0.5) is 0 Å². The number of carbonyl (C=O) groups is 1. The molecule has 1 rings (SSSR count). The van der Waals surface area contributed by atoms with Crippen molar-refractivity contribution in [2.24, 2.45) is 7.05 Å². The number of nitrogens with one attached hydrogen (secondary N) is 1. The van der Waals surface area contributed by atoms with Crippen LogP contribution in [0.2, 0.25) is 0 Å². The van der Waals surface area contributed by atoms with Crippen molar-refractivity contribution in [2.45, 2.75) is 6.54 Å². The van der Waals surface area contributed by atoms with Crippen LogP contribution in [0.25, 0.3) is 0 Å². The maximum atomic E-state index is 10.6. The monoisotopic (exact) mass is 168 g/mol. The van der Waals surface area contributed by atoms with Gasteiger partial charge in [0.05, 0.1) is 0 Å². The third kappa shape index (κ3) is 1.48. The minimum absolute atomic E-state index is 0.320. The Hall–Kier alpha value is -1.29. The first-order valence-electron chi connectivity index (χ1n) is 3.69. The zero-order valence-corrected chi connectivity index (χ0v) is 7.16. The van der Waals surface area contributed by atoms with Crippen molar-refractivity contribution in [3.8, 4) is 0 Å². The summed E-state index contributed by atoms with van der Waals surface area (Å²) in [6.45, 7) is 0.684. The van der Waals surface area contributed by atoms with E-state index in [1.165, 1.54) is 0 Å². The lowest BCUT2D eigenvalue weighted by Crippen LogP contribution is -2.12. The summed E-state index contributed by atoms with van der Waals surface area (Å²) in [4.78, 5) is 10.6. The molecule has 0 aliphatic carbocycles. The van der Waals surface area contributed by atoms with Gasteiger partial charge in [0.1, 0.15) is 5.69 Å². The lowest BCUT2D eigenvalue weighted by atomic mass is 10.4. The number of carboxylic acids is 1. The molecule has 0 spiro atoms. The van der Waals surface area contributed by atoms with Crippen LogP contribution in [0.15, 0.2) is 12.1 Å². The maximum absolute atomic E-state index is 10.6. The molecular formula is C8H12N2O2. The van der Waals surface area contributed by atoms with Gasteiger partial charge >= 0.3 is 5.97 Å². The van der Waals surface area contributed by atoms with Crippen molar-refractivity contribution in [1.82, 2.24) is 9.88 Å². The lowest BCUT2D eigenvalue weighted by Gasteiger charge is -2.03. The molecule has 1 heterocycles. The Bertz CT molecular complexity index is 291. The Morgan fingerprint density at radius 2 is 2.33 bits per heavy atom. The molecule has 0 aliphatic heterocycles. The number of aromatic carboxylic acids is 1. The van der Waals surface area contributed by atoms with E-state index >= 15 is 0 Å². The molecule has 0 saturated heterocycles. The van der Waals surface area contributed by atoms with Gasteiger partial charge in [-0.15, -0.1) is 0 Å². The molecule has 0 fully saturated rings. The second kappa shape index (κ2) is 3.40. The molecule has 0 unspecified atom stereocenters. The average Bonchev–Trinajstić information content (AvgIpc) is 2.34. The zero-order valence-electron chi connectivity index (χ0n) is 7.16. The molecule has 66 valence electrons. The molecule has 0 saturated carbocycles. The topological polar surface area (TPSA) is 54.3 Å². The minimum Gasteiger partial charge on any atom is -0.477 e. The van der Waals surface area contributed by atoms with Crippen molar-refractivity contribution in [3.63, 3.8) is 0 Å². The number of aromatic nitrogens is 1. The molecule has 0 aliphatic rings. The van der Waals surface area contributed by atoms with Gasteiger partial charge in [-0.1, -0.05) is 0 Å². The number of rotatable bonds is 3. The first-order chi connectivity index (χ1) is 5.66. The van der Waals surface area contributed by atoms with Gasteiger partial charge in [0, 0.05) is 19.3 Å². The minimum atomic E-state index is -0.889. The van der Waals surface area contributed by atoms with Crippen molar-refractivity contribution in [1.29, 1.82) is 0 Å². The van der Waals surface area contributed by atoms with Crippen LogP contribution in [0.3, 0.4) is 0 Å². The van der Waals surface area contributed by atoms with Gasteiger partial charge in [-0.2, -0.15) is 0 Å². The molecule has 0 atom stereocenters. The van der Waals surface area contributed by atoms with E-state index in [4.69, 9.17) is 5.11 Å². The Kier molecular flexibility index (Phi) is 2.50. The SMILES string of the molecule is CNCc1ccc(C(=O)O)n1C. The number of hydrogen-bond acceptors (Lipinski definition) is 2. The van der Waals surface area contributed by atoms with E-state index in [-0.39, 0.29) is 0 Å². The van der Waals surface area contributed by atoms with Crippen LogP contribution >= 0.6 is 0 Å². The standard InChI is InChI=1S/C8H12N2O2/c1-9-5-6-3-4-7(8(11)12)10(6)2/h3-4,9H,5H2,1-2H3,(H,11,12). The van der Waals surface area contributed by atoms with Gasteiger partial charge in [0.15, 0.2) is 0 Å².